The standard InChI is InChI=1S/C33H44O3.2C2H4/c1-4-5-6-12-21-33(2,3)28-18-20-30(32(23-28)36-25-26-14-9-7-10-15-26)31-24-29(35)19-17-27(31)16-11-8-13-22-34;2*1-2/h7-11,14-15,18,20,22-23,27,31H,4-6,12-13,16-17,19,21,24-25H2,1-3H3;2*1-2H2/t27-,31-;;/m1../s1. The zero-order valence-corrected chi connectivity index (χ0v) is 25.3. The molecule has 40 heavy (non-hydrogen) atoms. The quantitative estimate of drug-likeness (QED) is 0.135. The lowest BCUT2D eigenvalue weighted by atomic mass is 9.72. The Morgan fingerprint density at radius 1 is 0.975 bits per heavy atom. The number of benzene rings is 2. The third kappa shape index (κ3) is 11.5. The summed E-state index contributed by atoms with van der Waals surface area (Å²) in [5, 5.41) is 0. The summed E-state index contributed by atoms with van der Waals surface area (Å²) < 4.78 is 6.51. The fourth-order valence-corrected chi connectivity index (χ4v) is 5.39. The minimum atomic E-state index is 0.0660. The first-order chi connectivity index (χ1) is 19.4. The highest BCUT2D eigenvalue weighted by atomic mass is 16.5. The van der Waals surface area contributed by atoms with Crippen molar-refractivity contribution in [3.8, 4) is 5.75 Å². The molecule has 2 atom stereocenters. The third-order valence-corrected chi connectivity index (χ3v) is 7.74. The summed E-state index contributed by atoms with van der Waals surface area (Å²) in [5.74, 6) is 1.76. The monoisotopic (exact) mass is 544 g/mol. The second-order valence-electron chi connectivity index (χ2n) is 11.0. The van der Waals surface area contributed by atoms with Gasteiger partial charge < -0.3 is 9.53 Å². The number of hydrogen-bond acceptors (Lipinski definition) is 3. The van der Waals surface area contributed by atoms with Crippen LogP contribution in [0, 0.1) is 5.92 Å². The lowest BCUT2D eigenvalue weighted by molar-refractivity contribution is -0.121. The van der Waals surface area contributed by atoms with Crippen molar-refractivity contribution in [1.29, 1.82) is 0 Å². The van der Waals surface area contributed by atoms with E-state index in [0.29, 0.717) is 37.6 Å². The summed E-state index contributed by atoms with van der Waals surface area (Å²) in [6.07, 6.45) is 14.6. The van der Waals surface area contributed by atoms with Crippen molar-refractivity contribution >= 4 is 12.1 Å². The number of unbranched alkanes of at least 4 members (excludes halogenated alkanes) is 3. The van der Waals surface area contributed by atoms with Gasteiger partial charge in [0.25, 0.3) is 0 Å². The first-order valence-electron chi connectivity index (χ1n) is 14.9. The van der Waals surface area contributed by atoms with Crippen LogP contribution in [0.3, 0.4) is 0 Å². The van der Waals surface area contributed by atoms with Crippen LogP contribution in [0.5, 0.6) is 5.75 Å². The molecule has 3 rings (SSSR count). The van der Waals surface area contributed by atoms with Gasteiger partial charge in [0, 0.05) is 19.3 Å². The lowest BCUT2D eigenvalue weighted by Crippen LogP contribution is -2.24. The smallest absolute Gasteiger partial charge is 0.133 e. The molecule has 1 aliphatic rings. The predicted octanol–water partition coefficient (Wildman–Crippen LogP) is 10.1. The van der Waals surface area contributed by atoms with Gasteiger partial charge in [-0.05, 0) is 59.3 Å². The van der Waals surface area contributed by atoms with Crippen LogP contribution in [-0.4, -0.2) is 12.1 Å². The number of carbonyl (C=O) groups is 2. The van der Waals surface area contributed by atoms with Crippen LogP contribution in [0.2, 0.25) is 0 Å². The van der Waals surface area contributed by atoms with Crippen molar-refractivity contribution in [2.45, 2.75) is 103 Å². The molecule has 1 aliphatic carbocycles. The second-order valence-corrected chi connectivity index (χ2v) is 11.0. The Labute approximate surface area is 244 Å². The molecule has 0 saturated heterocycles. The van der Waals surface area contributed by atoms with Crippen molar-refractivity contribution in [1.82, 2.24) is 0 Å². The molecule has 0 unspecified atom stereocenters. The molecule has 2 aromatic carbocycles. The summed E-state index contributed by atoms with van der Waals surface area (Å²) in [6.45, 7) is 19.4. The zero-order valence-electron chi connectivity index (χ0n) is 25.3. The minimum Gasteiger partial charge on any atom is -0.489 e. The van der Waals surface area contributed by atoms with Gasteiger partial charge in [-0.25, -0.2) is 0 Å². The summed E-state index contributed by atoms with van der Waals surface area (Å²) in [4.78, 5) is 23.3. The third-order valence-electron chi connectivity index (χ3n) is 7.74. The zero-order chi connectivity index (χ0) is 29.8. The van der Waals surface area contributed by atoms with Crippen molar-refractivity contribution in [3.05, 3.63) is 104 Å². The number of Topliss-reactive ketones (excluding diaryl/α,β-unsaturated/α-hetero) is 1. The molecule has 0 radical (unpaired) electrons. The molecular formula is C37H52O3. The molecule has 0 N–H and O–H groups in total. The second kappa shape index (κ2) is 19.8. The average Bonchev–Trinajstić information content (AvgIpc) is 2.99. The van der Waals surface area contributed by atoms with E-state index in [9.17, 15) is 9.59 Å². The number of ketones is 1. The molecule has 2 aromatic rings. The van der Waals surface area contributed by atoms with E-state index in [4.69, 9.17) is 4.74 Å². The van der Waals surface area contributed by atoms with E-state index in [0.717, 1.165) is 42.4 Å². The van der Waals surface area contributed by atoms with E-state index in [2.05, 4.69) is 83.5 Å². The van der Waals surface area contributed by atoms with Crippen LogP contribution in [-0.2, 0) is 21.6 Å². The Morgan fingerprint density at radius 3 is 2.38 bits per heavy atom. The SMILES string of the molecule is C=C.C=C.CCCCCCC(C)(C)c1ccc([C@@H]2CC(=O)CC[C@H]2CC=CCC=O)c(OCc2ccccc2)c1. The first-order valence-corrected chi connectivity index (χ1v) is 14.9. The molecule has 0 amide bonds. The first kappa shape index (κ1) is 34.8. The summed E-state index contributed by atoms with van der Waals surface area (Å²) in [5.41, 5.74) is 3.66. The summed E-state index contributed by atoms with van der Waals surface area (Å²) in [7, 11) is 0. The minimum absolute atomic E-state index is 0.0660. The van der Waals surface area contributed by atoms with E-state index in [1.165, 1.54) is 31.2 Å². The molecule has 0 heterocycles. The van der Waals surface area contributed by atoms with Gasteiger partial charge in [0.1, 0.15) is 24.4 Å². The number of ether oxygens (including phenoxy) is 1. The van der Waals surface area contributed by atoms with Gasteiger partial charge in [-0.2, -0.15) is 0 Å². The molecule has 0 spiro atoms. The van der Waals surface area contributed by atoms with Crippen molar-refractivity contribution in [3.63, 3.8) is 0 Å². The molecule has 1 fully saturated rings. The Bertz CT molecular complexity index is 1020. The molecule has 3 heteroatoms. The van der Waals surface area contributed by atoms with Gasteiger partial charge in [-0.15, -0.1) is 26.3 Å². The molecule has 3 nitrogen and oxygen atoms in total. The summed E-state index contributed by atoms with van der Waals surface area (Å²) >= 11 is 0. The van der Waals surface area contributed by atoms with E-state index in [1.54, 1.807) is 0 Å². The molecule has 0 bridgehead atoms. The maximum Gasteiger partial charge on any atom is 0.133 e. The highest BCUT2D eigenvalue weighted by molar-refractivity contribution is 5.80. The largest absolute Gasteiger partial charge is 0.489 e. The highest BCUT2D eigenvalue weighted by Crippen LogP contribution is 2.44. The van der Waals surface area contributed by atoms with E-state index >= 15 is 0 Å². The molecule has 1 saturated carbocycles. The van der Waals surface area contributed by atoms with E-state index < -0.39 is 0 Å². The van der Waals surface area contributed by atoms with E-state index in [1.807, 2.05) is 24.3 Å². The van der Waals surface area contributed by atoms with Crippen LogP contribution in [0.4, 0.5) is 0 Å². The van der Waals surface area contributed by atoms with Gasteiger partial charge in [0.2, 0.25) is 0 Å². The lowest BCUT2D eigenvalue weighted by Gasteiger charge is -2.33. The molecule has 0 aromatic heterocycles. The van der Waals surface area contributed by atoms with Crippen LogP contribution in [0.1, 0.15) is 108 Å². The highest BCUT2D eigenvalue weighted by Gasteiger charge is 2.32. The maximum atomic E-state index is 12.6. The Morgan fingerprint density at radius 2 is 1.70 bits per heavy atom. The van der Waals surface area contributed by atoms with Crippen LogP contribution < -0.4 is 4.74 Å². The Balaban J connectivity index is 0.00000191. The normalized spacial score (nSPS) is 16.8. The number of aldehydes is 1. The number of rotatable bonds is 14. The molecular weight excluding hydrogens is 492 g/mol. The van der Waals surface area contributed by atoms with Crippen molar-refractivity contribution in [2.24, 2.45) is 5.92 Å². The molecule has 0 aliphatic heterocycles. The van der Waals surface area contributed by atoms with Crippen LogP contribution in [0.25, 0.3) is 0 Å². The van der Waals surface area contributed by atoms with Gasteiger partial charge >= 0.3 is 0 Å². The predicted molar refractivity (Wildman–Crippen MR) is 171 cm³/mol. The average molecular weight is 545 g/mol. The van der Waals surface area contributed by atoms with Crippen LogP contribution in [0.15, 0.2) is 87.0 Å². The van der Waals surface area contributed by atoms with E-state index in [-0.39, 0.29) is 11.3 Å². The van der Waals surface area contributed by atoms with Crippen molar-refractivity contribution < 1.29 is 14.3 Å². The fraction of sp³-hybridized carbons (Fsp3) is 0.459. The Kier molecular flexibility index (Phi) is 17.2. The molecule has 218 valence electrons. The van der Waals surface area contributed by atoms with Crippen molar-refractivity contribution in [2.75, 3.05) is 0 Å². The van der Waals surface area contributed by atoms with Gasteiger partial charge in [0.15, 0.2) is 0 Å². The van der Waals surface area contributed by atoms with Gasteiger partial charge in [-0.1, -0.05) is 101 Å². The number of allylic oxidation sites excluding steroid dienone is 2. The van der Waals surface area contributed by atoms with Gasteiger partial charge in [-0.3, -0.25) is 4.79 Å². The number of hydrogen-bond donors (Lipinski definition) is 0. The maximum absolute atomic E-state index is 12.6. The summed E-state index contributed by atoms with van der Waals surface area (Å²) in [6, 6.07) is 17.0. The Hall–Kier alpha value is -3.20. The topological polar surface area (TPSA) is 43.4 Å². The van der Waals surface area contributed by atoms with Gasteiger partial charge in [0.05, 0.1) is 0 Å². The van der Waals surface area contributed by atoms with Crippen LogP contribution >= 0.6 is 0 Å². The fourth-order valence-electron chi connectivity index (χ4n) is 5.39. The number of carbonyl (C=O) groups excluding carboxylic acids is 2.